The van der Waals surface area contributed by atoms with Gasteiger partial charge in [-0.25, -0.2) is 14.4 Å². The van der Waals surface area contributed by atoms with Crippen LogP contribution in [0.1, 0.15) is 10.4 Å². The van der Waals surface area contributed by atoms with E-state index in [1.807, 2.05) is 18.2 Å². The molecule has 0 saturated heterocycles. The normalized spacial score (nSPS) is 11.2. The molecule has 4 rings (SSSR count). The van der Waals surface area contributed by atoms with Crippen molar-refractivity contribution in [2.24, 2.45) is 0 Å². The van der Waals surface area contributed by atoms with Crippen LogP contribution in [-0.4, -0.2) is 9.97 Å². The summed E-state index contributed by atoms with van der Waals surface area (Å²) in [6.45, 7) is 2.08. The highest BCUT2D eigenvalue weighted by atomic mass is 35.5. The van der Waals surface area contributed by atoms with Gasteiger partial charge in [-0.05, 0) is 30.2 Å². The Morgan fingerprint density at radius 1 is 1.04 bits per heavy atom. The lowest BCUT2D eigenvalue weighted by atomic mass is 10.0. The minimum atomic E-state index is -0.234. The Bertz CT molecular complexity index is 1060. The van der Waals surface area contributed by atoms with E-state index in [9.17, 15) is 4.39 Å². The number of fused-ring (bicyclic) bond motifs is 1. The van der Waals surface area contributed by atoms with Crippen molar-refractivity contribution in [3.05, 3.63) is 76.0 Å². The van der Waals surface area contributed by atoms with Gasteiger partial charge in [-0.2, -0.15) is 0 Å². The molecule has 130 valence electrons. The lowest BCUT2D eigenvalue weighted by Gasteiger charge is -2.05. The molecule has 0 bridgehead atoms. The van der Waals surface area contributed by atoms with Crippen LogP contribution in [0.4, 0.5) is 4.39 Å². The van der Waals surface area contributed by atoms with Crippen LogP contribution >= 0.6 is 34.7 Å². The van der Waals surface area contributed by atoms with Crippen LogP contribution in [0.15, 0.2) is 59.8 Å². The van der Waals surface area contributed by atoms with Gasteiger partial charge >= 0.3 is 0 Å². The van der Waals surface area contributed by atoms with Gasteiger partial charge in [-0.1, -0.05) is 65.8 Å². The van der Waals surface area contributed by atoms with Gasteiger partial charge in [0.1, 0.15) is 15.8 Å². The predicted molar refractivity (Wildman–Crippen MR) is 109 cm³/mol. The molecule has 0 aliphatic carbocycles. The number of thiophene rings is 1. The second kappa shape index (κ2) is 7.35. The first-order chi connectivity index (χ1) is 12.6. The Kier molecular flexibility index (Phi) is 4.94. The summed E-state index contributed by atoms with van der Waals surface area (Å²) in [5, 5.41) is 2.01. The third-order valence-electron chi connectivity index (χ3n) is 4.01. The molecule has 2 heterocycles. The Morgan fingerprint density at radius 2 is 1.77 bits per heavy atom. The summed E-state index contributed by atoms with van der Waals surface area (Å²) in [5.74, 6) is 0.430. The Labute approximate surface area is 164 Å². The molecular weight excluding hydrogens is 387 g/mol. The third-order valence-corrected chi connectivity index (χ3v) is 6.20. The quantitative estimate of drug-likeness (QED) is 0.215. The Hall–Kier alpha value is -1.95. The first-order valence-electron chi connectivity index (χ1n) is 8.01. The van der Waals surface area contributed by atoms with Crippen molar-refractivity contribution in [1.82, 2.24) is 9.97 Å². The second-order valence-electron chi connectivity index (χ2n) is 5.79. The molecule has 2 aromatic heterocycles. The highest BCUT2D eigenvalue weighted by Crippen LogP contribution is 2.41. The number of hydrogen-bond donors (Lipinski definition) is 0. The van der Waals surface area contributed by atoms with Crippen molar-refractivity contribution in [1.29, 1.82) is 0 Å². The number of halogens is 2. The number of nitrogens with zero attached hydrogens (tertiary/aromatic N) is 2. The van der Waals surface area contributed by atoms with Gasteiger partial charge in [0.15, 0.2) is 5.16 Å². The van der Waals surface area contributed by atoms with Crippen LogP contribution in [0.25, 0.3) is 21.3 Å². The first-order valence-corrected chi connectivity index (χ1v) is 10.2. The van der Waals surface area contributed by atoms with Crippen LogP contribution in [0.2, 0.25) is 5.15 Å². The minimum absolute atomic E-state index is 0.234. The monoisotopic (exact) mass is 400 g/mol. The third kappa shape index (κ3) is 3.47. The van der Waals surface area contributed by atoms with Crippen molar-refractivity contribution in [2.45, 2.75) is 17.8 Å². The minimum Gasteiger partial charge on any atom is -0.211 e. The van der Waals surface area contributed by atoms with E-state index in [1.165, 1.54) is 28.8 Å². The van der Waals surface area contributed by atoms with Gasteiger partial charge in [0, 0.05) is 16.2 Å². The van der Waals surface area contributed by atoms with E-state index >= 15 is 0 Å². The van der Waals surface area contributed by atoms with Crippen LogP contribution in [0.5, 0.6) is 0 Å². The number of thioether (sulfide) groups is 1. The van der Waals surface area contributed by atoms with Gasteiger partial charge in [0.05, 0.1) is 5.39 Å². The molecule has 0 radical (unpaired) electrons. The van der Waals surface area contributed by atoms with Gasteiger partial charge in [0.25, 0.3) is 0 Å². The second-order valence-corrected chi connectivity index (χ2v) is 8.30. The molecule has 0 atom stereocenters. The zero-order chi connectivity index (χ0) is 18.1. The number of hydrogen-bond acceptors (Lipinski definition) is 4. The van der Waals surface area contributed by atoms with Crippen molar-refractivity contribution in [3.63, 3.8) is 0 Å². The maximum Gasteiger partial charge on any atom is 0.190 e. The summed E-state index contributed by atoms with van der Waals surface area (Å²) in [5.41, 5.74) is 3.24. The van der Waals surface area contributed by atoms with E-state index in [2.05, 4.69) is 29.0 Å². The molecule has 0 aliphatic rings. The topological polar surface area (TPSA) is 25.8 Å². The Morgan fingerprint density at radius 3 is 2.50 bits per heavy atom. The van der Waals surface area contributed by atoms with E-state index in [-0.39, 0.29) is 5.82 Å². The van der Waals surface area contributed by atoms with Crippen molar-refractivity contribution < 1.29 is 4.39 Å². The summed E-state index contributed by atoms with van der Waals surface area (Å²) in [7, 11) is 0. The number of aryl methyl sites for hydroxylation is 1. The summed E-state index contributed by atoms with van der Waals surface area (Å²) >= 11 is 9.65. The summed E-state index contributed by atoms with van der Waals surface area (Å²) in [6, 6.07) is 16.6. The molecular formula is C20H14ClFN2S2. The van der Waals surface area contributed by atoms with E-state index < -0.39 is 0 Å². The van der Waals surface area contributed by atoms with Crippen molar-refractivity contribution in [3.8, 4) is 11.1 Å². The van der Waals surface area contributed by atoms with Gasteiger partial charge < -0.3 is 0 Å². The molecule has 0 fully saturated rings. The standard InChI is InChI=1S/C20H14ClFN2S2/c1-12-16(14-5-3-2-4-6-14)17-18(21)23-20(24-19(17)26-12)25-11-13-7-9-15(22)10-8-13/h2-10H,11H2,1H3. The van der Waals surface area contributed by atoms with Crippen LogP contribution in [-0.2, 0) is 5.75 Å². The molecule has 0 unspecified atom stereocenters. The molecule has 26 heavy (non-hydrogen) atoms. The van der Waals surface area contributed by atoms with Crippen LogP contribution in [0.3, 0.4) is 0 Å². The lowest BCUT2D eigenvalue weighted by Crippen LogP contribution is -1.90. The molecule has 4 aromatic rings. The average Bonchev–Trinajstić information content (AvgIpc) is 2.98. The SMILES string of the molecule is Cc1sc2nc(SCc3ccc(F)cc3)nc(Cl)c2c1-c1ccccc1. The zero-order valence-electron chi connectivity index (χ0n) is 13.9. The molecule has 0 spiro atoms. The highest BCUT2D eigenvalue weighted by molar-refractivity contribution is 7.98. The largest absolute Gasteiger partial charge is 0.211 e. The number of benzene rings is 2. The molecule has 2 nitrogen and oxygen atoms in total. The van der Waals surface area contributed by atoms with Gasteiger partial charge in [-0.15, -0.1) is 11.3 Å². The van der Waals surface area contributed by atoms with E-state index in [0.717, 1.165) is 26.9 Å². The zero-order valence-corrected chi connectivity index (χ0v) is 16.3. The number of aromatic nitrogens is 2. The smallest absolute Gasteiger partial charge is 0.190 e. The summed E-state index contributed by atoms with van der Waals surface area (Å²) in [4.78, 5) is 11.2. The van der Waals surface area contributed by atoms with E-state index in [1.54, 1.807) is 23.5 Å². The highest BCUT2D eigenvalue weighted by Gasteiger charge is 2.17. The van der Waals surface area contributed by atoms with Gasteiger partial charge in [-0.3, -0.25) is 0 Å². The maximum absolute atomic E-state index is 13.0. The summed E-state index contributed by atoms with van der Waals surface area (Å²) < 4.78 is 13.0. The molecule has 0 aliphatic heterocycles. The van der Waals surface area contributed by atoms with Crippen LogP contribution < -0.4 is 0 Å². The fourth-order valence-corrected chi connectivity index (χ4v) is 5.07. The molecule has 0 amide bonds. The average molecular weight is 401 g/mol. The van der Waals surface area contributed by atoms with E-state index in [0.29, 0.717) is 16.1 Å². The lowest BCUT2D eigenvalue weighted by molar-refractivity contribution is 0.627. The van der Waals surface area contributed by atoms with Crippen molar-refractivity contribution >= 4 is 44.9 Å². The maximum atomic E-state index is 13.0. The van der Waals surface area contributed by atoms with Crippen LogP contribution in [0, 0.1) is 12.7 Å². The molecule has 0 N–H and O–H groups in total. The fourth-order valence-electron chi connectivity index (χ4n) is 2.80. The van der Waals surface area contributed by atoms with E-state index in [4.69, 9.17) is 11.6 Å². The molecule has 6 heteroatoms. The first kappa shape index (κ1) is 17.5. The Balaban J connectivity index is 1.68. The predicted octanol–water partition coefficient (Wildman–Crippen LogP) is 6.75. The van der Waals surface area contributed by atoms with Gasteiger partial charge in [0.2, 0.25) is 0 Å². The molecule has 2 aromatic carbocycles. The fraction of sp³-hybridized carbons (Fsp3) is 0.100. The summed E-state index contributed by atoms with van der Waals surface area (Å²) in [6.07, 6.45) is 0. The molecule has 0 saturated carbocycles. The number of rotatable bonds is 4. The van der Waals surface area contributed by atoms with Crippen molar-refractivity contribution in [2.75, 3.05) is 0 Å².